The minimum absolute atomic E-state index is 0.0532. The second-order valence-electron chi connectivity index (χ2n) is 7.60. The summed E-state index contributed by atoms with van der Waals surface area (Å²) in [4.78, 5) is 0. The van der Waals surface area contributed by atoms with Gasteiger partial charge in [0.05, 0.1) is 5.69 Å². The first-order chi connectivity index (χ1) is 9.34. The summed E-state index contributed by atoms with van der Waals surface area (Å²) < 4.78 is 2.08. The first-order valence-corrected chi connectivity index (χ1v) is 8.16. The summed E-state index contributed by atoms with van der Waals surface area (Å²) in [6.45, 7) is 9.15. The number of nitrogens with two attached hydrogens (primary N) is 1. The molecule has 2 rings (SSSR count). The molecule has 1 saturated carbocycles. The van der Waals surface area contributed by atoms with E-state index in [0.717, 1.165) is 31.4 Å². The predicted octanol–water partition coefficient (Wildman–Crippen LogP) is 4.08. The van der Waals surface area contributed by atoms with Crippen LogP contribution in [0.5, 0.6) is 0 Å². The van der Waals surface area contributed by atoms with Crippen molar-refractivity contribution in [3.8, 4) is 0 Å². The number of hydrogen-bond acceptors (Lipinski definition) is 2. The van der Waals surface area contributed by atoms with Gasteiger partial charge in [-0.15, -0.1) is 0 Å². The van der Waals surface area contributed by atoms with Gasteiger partial charge in [-0.1, -0.05) is 27.2 Å². The Morgan fingerprint density at radius 3 is 2.75 bits per heavy atom. The maximum absolute atomic E-state index is 6.68. The lowest BCUT2D eigenvalue weighted by Crippen LogP contribution is -2.41. The van der Waals surface area contributed by atoms with Crippen molar-refractivity contribution >= 4 is 0 Å². The summed E-state index contributed by atoms with van der Waals surface area (Å²) in [5, 5.41) is 4.72. The molecular weight excluding hydrogens is 246 g/mol. The van der Waals surface area contributed by atoms with E-state index < -0.39 is 0 Å². The van der Waals surface area contributed by atoms with E-state index in [1.807, 2.05) is 0 Å². The van der Waals surface area contributed by atoms with E-state index in [-0.39, 0.29) is 5.54 Å². The van der Waals surface area contributed by atoms with Crippen LogP contribution >= 0.6 is 0 Å². The molecule has 2 atom stereocenters. The molecule has 0 amide bonds. The summed E-state index contributed by atoms with van der Waals surface area (Å²) in [6.07, 6.45) is 10.2. The van der Waals surface area contributed by atoms with Crippen molar-refractivity contribution < 1.29 is 0 Å². The van der Waals surface area contributed by atoms with Crippen LogP contribution in [-0.2, 0) is 6.42 Å². The maximum atomic E-state index is 6.68. The van der Waals surface area contributed by atoms with Crippen molar-refractivity contribution in [2.45, 2.75) is 84.2 Å². The molecule has 2 unspecified atom stereocenters. The summed E-state index contributed by atoms with van der Waals surface area (Å²) in [5.74, 6) is 0. The van der Waals surface area contributed by atoms with Gasteiger partial charge in [-0.05, 0) is 50.5 Å². The quantitative estimate of drug-likeness (QED) is 0.843. The second kappa shape index (κ2) is 5.88. The topological polar surface area (TPSA) is 43.8 Å². The highest BCUT2D eigenvalue weighted by molar-refractivity contribution is 5.07. The van der Waals surface area contributed by atoms with Gasteiger partial charge in [0.25, 0.3) is 0 Å². The molecular formula is C17H31N3. The standard InChI is InChI=1S/C17H31N3/c1-5-14(2)20-12-7-15(19-20)13-17(18)9-6-8-16(3,4)10-11-17/h7,12,14H,5-6,8-11,13,18H2,1-4H3. The van der Waals surface area contributed by atoms with Crippen molar-refractivity contribution in [2.24, 2.45) is 11.1 Å². The summed E-state index contributed by atoms with van der Waals surface area (Å²) in [7, 11) is 0. The summed E-state index contributed by atoms with van der Waals surface area (Å²) in [5.41, 5.74) is 8.24. The Labute approximate surface area is 123 Å². The third-order valence-corrected chi connectivity index (χ3v) is 5.07. The van der Waals surface area contributed by atoms with Crippen molar-refractivity contribution in [3.63, 3.8) is 0 Å². The van der Waals surface area contributed by atoms with E-state index in [1.165, 1.54) is 19.3 Å². The number of nitrogens with zero attached hydrogens (tertiary/aromatic N) is 2. The van der Waals surface area contributed by atoms with Crippen molar-refractivity contribution in [1.29, 1.82) is 0 Å². The van der Waals surface area contributed by atoms with Crippen molar-refractivity contribution in [3.05, 3.63) is 18.0 Å². The van der Waals surface area contributed by atoms with E-state index in [2.05, 4.69) is 44.6 Å². The molecule has 114 valence electrons. The number of aromatic nitrogens is 2. The van der Waals surface area contributed by atoms with Crippen LogP contribution < -0.4 is 5.73 Å². The van der Waals surface area contributed by atoms with Crippen LogP contribution in [0.4, 0.5) is 0 Å². The fraction of sp³-hybridized carbons (Fsp3) is 0.824. The van der Waals surface area contributed by atoms with Crippen LogP contribution in [-0.4, -0.2) is 15.3 Å². The van der Waals surface area contributed by atoms with Gasteiger partial charge < -0.3 is 5.73 Å². The molecule has 2 N–H and O–H groups in total. The van der Waals surface area contributed by atoms with Crippen LogP contribution in [0, 0.1) is 5.41 Å². The van der Waals surface area contributed by atoms with Crippen LogP contribution in [0.1, 0.15) is 78.0 Å². The Morgan fingerprint density at radius 1 is 1.30 bits per heavy atom. The molecule has 0 aromatic carbocycles. The van der Waals surface area contributed by atoms with Gasteiger partial charge >= 0.3 is 0 Å². The molecule has 1 aliphatic carbocycles. The van der Waals surface area contributed by atoms with Gasteiger partial charge in [0.1, 0.15) is 0 Å². The minimum Gasteiger partial charge on any atom is -0.325 e. The highest BCUT2D eigenvalue weighted by atomic mass is 15.3. The zero-order valence-electron chi connectivity index (χ0n) is 13.7. The summed E-state index contributed by atoms with van der Waals surface area (Å²) >= 11 is 0. The smallest absolute Gasteiger partial charge is 0.0643 e. The molecule has 0 radical (unpaired) electrons. The fourth-order valence-electron chi connectivity index (χ4n) is 3.20. The Morgan fingerprint density at radius 2 is 2.05 bits per heavy atom. The van der Waals surface area contributed by atoms with Gasteiger partial charge in [-0.2, -0.15) is 5.10 Å². The van der Waals surface area contributed by atoms with Crippen LogP contribution in [0.3, 0.4) is 0 Å². The van der Waals surface area contributed by atoms with Gasteiger partial charge in [-0.3, -0.25) is 4.68 Å². The summed E-state index contributed by atoms with van der Waals surface area (Å²) in [6, 6.07) is 2.63. The van der Waals surface area contributed by atoms with Crippen molar-refractivity contribution in [1.82, 2.24) is 9.78 Å². The molecule has 1 fully saturated rings. The SMILES string of the molecule is CCC(C)n1ccc(CC2(N)CCCC(C)(C)CC2)n1. The third-order valence-electron chi connectivity index (χ3n) is 5.07. The van der Waals surface area contributed by atoms with Crippen LogP contribution in [0.25, 0.3) is 0 Å². The first kappa shape index (κ1) is 15.6. The molecule has 20 heavy (non-hydrogen) atoms. The second-order valence-corrected chi connectivity index (χ2v) is 7.60. The average Bonchev–Trinajstić information content (AvgIpc) is 2.78. The molecule has 3 nitrogen and oxygen atoms in total. The molecule has 3 heteroatoms. The van der Waals surface area contributed by atoms with E-state index >= 15 is 0 Å². The Hall–Kier alpha value is -0.830. The highest BCUT2D eigenvalue weighted by Gasteiger charge is 2.33. The maximum Gasteiger partial charge on any atom is 0.0643 e. The van der Waals surface area contributed by atoms with Gasteiger partial charge in [0, 0.05) is 24.2 Å². The fourth-order valence-corrected chi connectivity index (χ4v) is 3.20. The van der Waals surface area contributed by atoms with E-state index in [0.29, 0.717) is 11.5 Å². The Bertz CT molecular complexity index is 435. The van der Waals surface area contributed by atoms with E-state index in [4.69, 9.17) is 10.8 Å². The molecule has 1 aromatic rings. The van der Waals surface area contributed by atoms with Gasteiger partial charge in [-0.25, -0.2) is 0 Å². The Balaban J connectivity index is 2.03. The van der Waals surface area contributed by atoms with E-state index in [1.54, 1.807) is 0 Å². The number of hydrogen-bond donors (Lipinski definition) is 1. The molecule has 0 bridgehead atoms. The molecule has 1 aliphatic rings. The lowest BCUT2D eigenvalue weighted by Gasteiger charge is -2.28. The highest BCUT2D eigenvalue weighted by Crippen LogP contribution is 2.38. The van der Waals surface area contributed by atoms with Gasteiger partial charge in [0.2, 0.25) is 0 Å². The molecule has 1 heterocycles. The van der Waals surface area contributed by atoms with Crippen LogP contribution in [0.2, 0.25) is 0 Å². The lowest BCUT2D eigenvalue weighted by atomic mass is 9.82. The van der Waals surface area contributed by atoms with E-state index in [9.17, 15) is 0 Å². The predicted molar refractivity (Wildman–Crippen MR) is 84.7 cm³/mol. The molecule has 0 saturated heterocycles. The lowest BCUT2D eigenvalue weighted by molar-refractivity contribution is 0.296. The van der Waals surface area contributed by atoms with Crippen molar-refractivity contribution in [2.75, 3.05) is 0 Å². The Kier molecular flexibility index (Phi) is 4.58. The largest absolute Gasteiger partial charge is 0.325 e. The average molecular weight is 277 g/mol. The monoisotopic (exact) mass is 277 g/mol. The molecule has 0 spiro atoms. The first-order valence-electron chi connectivity index (χ1n) is 8.16. The molecule has 0 aliphatic heterocycles. The minimum atomic E-state index is -0.0532. The zero-order valence-corrected chi connectivity index (χ0v) is 13.7. The normalized spacial score (nSPS) is 28.1. The van der Waals surface area contributed by atoms with Crippen LogP contribution in [0.15, 0.2) is 12.3 Å². The zero-order chi connectivity index (χ0) is 14.8. The van der Waals surface area contributed by atoms with Gasteiger partial charge in [0.15, 0.2) is 0 Å². The molecule has 1 aromatic heterocycles. The number of rotatable bonds is 4. The third kappa shape index (κ3) is 3.85.